The lowest BCUT2D eigenvalue weighted by Crippen LogP contribution is -2.28. The maximum Gasteiger partial charge on any atom is 0.127 e. The molecule has 0 spiro atoms. The van der Waals surface area contributed by atoms with Gasteiger partial charge in [0.25, 0.3) is 0 Å². The van der Waals surface area contributed by atoms with Crippen molar-refractivity contribution in [3.63, 3.8) is 0 Å². The molecule has 0 saturated heterocycles. The maximum absolute atomic E-state index is 14.5. The summed E-state index contributed by atoms with van der Waals surface area (Å²) >= 11 is 0. The zero-order chi connectivity index (χ0) is 26.5. The summed E-state index contributed by atoms with van der Waals surface area (Å²) in [4.78, 5) is 0. The van der Waals surface area contributed by atoms with Crippen molar-refractivity contribution in [2.75, 3.05) is 0 Å². The van der Waals surface area contributed by atoms with E-state index in [0.717, 1.165) is 55.2 Å². The van der Waals surface area contributed by atoms with Gasteiger partial charge in [-0.25, -0.2) is 4.39 Å². The van der Waals surface area contributed by atoms with Crippen molar-refractivity contribution in [3.05, 3.63) is 93.8 Å². The highest BCUT2D eigenvalue weighted by Crippen LogP contribution is 2.41. The third kappa shape index (κ3) is 5.59. The fourth-order valence-electron chi connectivity index (χ4n) is 5.76. The van der Waals surface area contributed by atoms with Crippen LogP contribution in [0.1, 0.15) is 100 Å². The van der Waals surface area contributed by atoms with Crippen LogP contribution in [0.2, 0.25) is 0 Å². The molecule has 36 heavy (non-hydrogen) atoms. The molecule has 2 heteroatoms. The van der Waals surface area contributed by atoms with Gasteiger partial charge < -0.3 is 5.11 Å². The summed E-state index contributed by atoms with van der Waals surface area (Å²) in [7, 11) is 0. The van der Waals surface area contributed by atoms with Gasteiger partial charge in [0.2, 0.25) is 0 Å². The quantitative estimate of drug-likeness (QED) is 0.285. The first kappa shape index (κ1) is 28.1. The average molecular weight is 489 g/mol. The van der Waals surface area contributed by atoms with Gasteiger partial charge >= 0.3 is 0 Å². The molecule has 0 radical (unpaired) electrons. The largest absolute Gasteiger partial charge is 0.390 e. The Kier molecular flexibility index (Phi) is 9.17. The van der Waals surface area contributed by atoms with Crippen LogP contribution in [-0.4, -0.2) is 10.7 Å². The minimum absolute atomic E-state index is 0.0720. The average Bonchev–Trinajstić information content (AvgIpc) is 2.89. The zero-order valence-electron chi connectivity index (χ0n) is 23.5. The van der Waals surface area contributed by atoms with Crippen LogP contribution >= 0.6 is 0 Å². The first-order chi connectivity index (χ1) is 17.2. The molecule has 1 N–H and O–H groups in total. The Hall–Kier alpha value is -2.45. The molecule has 0 amide bonds. The van der Waals surface area contributed by atoms with Gasteiger partial charge in [0.05, 0.1) is 5.60 Å². The molecule has 0 heterocycles. The van der Waals surface area contributed by atoms with Crippen LogP contribution in [0.3, 0.4) is 0 Å². The minimum Gasteiger partial charge on any atom is -0.390 e. The van der Waals surface area contributed by atoms with Crippen LogP contribution in [0.25, 0.3) is 11.1 Å². The molecule has 0 saturated carbocycles. The molecule has 1 nitrogen and oxygen atoms in total. The van der Waals surface area contributed by atoms with Crippen LogP contribution < -0.4 is 0 Å². The second-order valence-electron chi connectivity index (χ2n) is 10.6. The molecule has 0 aliphatic carbocycles. The Morgan fingerprint density at radius 3 is 1.78 bits per heavy atom. The predicted octanol–water partition coefficient (Wildman–Crippen LogP) is 9.26. The van der Waals surface area contributed by atoms with Gasteiger partial charge in [-0.3, -0.25) is 0 Å². The number of hydrogen-bond acceptors (Lipinski definition) is 1. The molecule has 0 aromatic heterocycles. The molecule has 0 aliphatic rings. The van der Waals surface area contributed by atoms with Gasteiger partial charge in [0, 0.05) is 5.41 Å². The molecular formula is C34H45FO. The second kappa shape index (κ2) is 11.7. The summed E-state index contributed by atoms with van der Waals surface area (Å²) in [6, 6.07) is 19.3. The monoisotopic (exact) mass is 488 g/mol. The number of halogens is 1. The first-order valence-electron chi connectivity index (χ1n) is 13.9. The molecule has 0 fully saturated rings. The SMILES string of the molecule is CCc1ccc(-c2ccc(C(CC)(CC)c3ccc(CCC(O)(CC)CC)c(C)c3)cc2C)cc1F. The lowest BCUT2D eigenvalue weighted by molar-refractivity contribution is 0.0239. The number of benzene rings is 3. The maximum atomic E-state index is 14.5. The molecule has 194 valence electrons. The van der Waals surface area contributed by atoms with Crippen molar-refractivity contribution in [1.29, 1.82) is 0 Å². The Labute approximate surface area is 218 Å². The lowest BCUT2D eigenvalue weighted by Gasteiger charge is -2.34. The molecule has 0 atom stereocenters. The molecule has 3 aromatic carbocycles. The Balaban J connectivity index is 1.96. The Bertz CT molecular complexity index is 1170. The standard InChI is InChI=1S/C34H45FO/c1-8-26-13-14-28(23-32(26)35)31-18-17-30(22-25(31)7)34(11-4,12-5)29-16-15-27(24(6)21-29)19-20-33(36,9-2)10-3/h13-18,21-23,36H,8-12,19-20H2,1-7H3. The fraction of sp³-hybridized carbons (Fsp3) is 0.471. The summed E-state index contributed by atoms with van der Waals surface area (Å²) in [5.74, 6) is -0.123. The predicted molar refractivity (Wildman–Crippen MR) is 152 cm³/mol. The van der Waals surface area contributed by atoms with E-state index in [-0.39, 0.29) is 11.2 Å². The van der Waals surface area contributed by atoms with Crippen LogP contribution in [0, 0.1) is 19.7 Å². The van der Waals surface area contributed by atoms with E-state index in [0.29, 0.717) is 6.42 Å². The topological polar surface area (TPSA) is 20.2 Å². The van der Waals surface area contributed by atoms with E-state index in [1.54, 1.807) is 6.07 Å². The highest BCUT2D eigenvalue weighted by atomic mass is 19.1. The van der Waals surface area contributed by atoms with Crippen molar-refractivity contribution >= 4 is 0 Å². The summed E-state index contributed by atoms with van der Waals surface area (Å²) in [6.07, 6.45) is 6.00. The van der Waals surface area contributed by atoms with Gasteiger partial charge in [-0.1, -0.05) is 83.1 Å². The molecule has 0 bridgehead atoms. The van der Waals surface area contributed by atoms with E-state index in [1.807, 2.05) is 19.1 Å². The van der Waals surface area contributed by atoms with E-state index in [4.69, 9.17) is 0 Å². The number of aliphatic hydroxyl groups is 1. The van der Waals surface area contributed by atoms with Crippen molar-refractivity contribution in [2.24, 2.45) is 0 Å². The normalized spacial score (nSPS) is 12.2. The van der Waals surface area contributed by atoms with E-state index in [2.05, 4.69) is 77.9 Å². The second-order valence-corrected chi connectivity index (χ2v) is 10.6. The number of aryl methyl sites for hydroxylation is 4. The van der Waals surface area contributed by atoms with Crippen LogP contribution in [-0.2, 0) is 18.3 Å². The Morgan fingerprint density at radius 2 is 1.28 bits per heavy atom. The molecule has 3 aromatic rings. The van der Waals surface area contributed by atoms with Gasteiger partial charge in [0.15, 0.2) is 0 Å². The highest BCUT2D eigenvalue weighted by Gasteiger charge is 2.31. The van der Waals surface area contributed by atoms with E-state index in [9.17, 15) is 9.50 Å². The minimum atomic E-state index is -0.569. The molecule has 3 rings (SSSR count). The number of rotatable bonds is 11. The van der Waals surface area contributed by atoms with Gasteiger partial charge in [-0.2, -0.15) is 0 Å². The molecule has 0 aliphatic heterocycles. The first-order valence-corrected chi connectivity index (χ1v) is 13.9. The number of hydrogen-bond donors (Lipinski definition) is 1. The lowest BCUT2D eigenvalue weighted by atomic mass is 9.69. The van der Waals surface area contributed by atoms with Crippen molar-refractivity contribution < 1.29 is 9.50 Å². The van der Waals surface area contributed by atoms with Gasteiger partial charge in [-0.15, -0.1) is 0 Å². The van der Waals surface area contributed by atoms with Gasteiger partial charge in [-0.05, 0) is 109 Å². The molecule has 0 unspecified atom stereocenters. The van der Waals surface area contributed by atoms with E-state index < -0.39 is 5.60 Å². The fourth-order valence-corrected chi connectivity index (χ4v) is 5.76. The Morgan fingerprint density at radius 1 is 0.694 bits per heavy atom. The third-order valence-corrected chi connectivity index (χ3v) is 8.80. The third-order valence-electron chi connectivity index (χ3n) is 8.80. The summed E-state index contributed by atoms with van der Waals surface area (Å²) in [5, 5.41) is 10.7. The molecular weight excluding hydrogens is 443 g/mol. The smallest absolute Gasteiger partial charge is 0.127 e. The van der Waals surface area contributed by atoms with Crippen LogP contribution in [0.4, 0.5) is 4.39 Å². The van der Waals surface area contributed by atoms with Crippen LogP contribution in [0.15, 0.2) is 54.6 Å². The van der Waals surface area contributed by atoms with Gasteiger partial charge in [0.1, 0.15) is 5.82 Å². The summed E-state index contributed by atoms with van der Waals surface area (Å²) in [5.41, 5.74) is 8.61. The van der Waals surface area contributed by atoms with Crippen molar-refractivity contribution in [1.82, 2.24) is 0 Å². The summed E-state index contributed by atoms with van der Waals surface area (Å²) in [6.45, 7) is 15.0. The highest BCUT2D eigenvalue weighted by molar-refractivity contribution is 5.68. The van der Waals surface area contributed by atoms with Crippen LogP contribution in [0.5, 0.6) is 0 Å². The summed E-state index contributed by atoms with van der Waals surface area (Å²) < 4.78 is 14.5. The van der Waals surface area contributed by atoms with Crippen molar-refractivity contribution in [2.45, 2.75) is 104 Å². The van der Waals surface area contributed by atoms with Crippen molar-refractivity contribution in [3.8, 4) is 11.1 Å². The zero-order valence-corrected chi connectivity index (χ0v) is 23.5. The van der Waals surface area contributed by atoms with E-state index >= 15 is 0 Å². The van der Waals surface area contributed by atoms with E-state index in [1.165, 1.54) is 27.8 Å².